The molecule has 0 radical (unpaired) electrons. The number of anilines is 1. The minimum absolute atomic E-state index is 0.440. The zero-order valence-corrected chi connectivity index (χ0v) is 14.9. The highest BCUT2D eigenvalue weighted by molar-refractivity contribution is 9.10. The molecule has 0 saturated carbocycles. The molecule has 0 bridgehead atoms. The van der Waals surface area contributed by atoms with E-state index in [0.29, 0.717) is 11.5 Å². The van der Waals surface area contributed by atoms with Crippen molar-refractivity contribution in [1.29, 1.82) is 0 Å². The van der Waals surface area contributed by atoms with E-state index >= 15 is 0 Å². The van der Waals surface area contributed by atoms with Crippen LogP contribution in [0.1, 0.15) is 11.1 Å². The Balaban J connectivity index is 1.89. The Morgan fingerprint density at radius 3 is 2.67 bits per heavy atom. The van der Waals surface area contributed by atoms with Crippen LogP contribution in [-0.2, 0) is 6.42 Å². The summed E-state index contributed by atoms with van der Waals surface area (Å²) in [5.41, 5.74) is 9.68. The summed E-state index contributed by atoms with van der Waals surface area (Å²) in [7, 11) is 0. The van der Waals surface area contributed by atoms with Crippen LogP contribution in [0.3, 0.4) is 0 Å². The highest BCUT2D eigenvalue weighted by Gasteiger charge is 2.14. The van der Waals surface area contributed by atoms with Gasteiger partial charge in [0.2, 0.25) is 0 Å². The number of thiazole rings is 1. The lowest BCUT2D eigenvalue weighted by atomic mass is 10.0. The molecule has 0 spiro atoms. The van der Waals surface area contributed by atoms with Crippen molar-refractivity contribution in [2.75, 3.05) is 5.73 Å². The highest BCUT2D eigenvalue weighted by Crippen LogP contribution is 2.29. The lowest BCUT2D eigenvalue weighted by Crippen LogP contribution is -2.00. The Morgan fingerprint density at radius 1 is 1.08 bits per heavy atom. The van der Waals surface area contributed by atoms with Gasteiger partial charge in [-0.2, -0.15) is 0 Å². The van der Waals surface area contributed by atoms with Gasteiger partial charge in [-0.15, -0.1) is 11.3 Å². The number of nitrogen functional groups attached to an aromatic ring is 1. The third-order valence-electron chi connectivity index (χ3n) is 3.68. The van der Waals surface area contributed by atoms with E-state index in [0.717, 1.165) is 32.5 Å². The Hall–Kier alpha value is -2.38. The third kappa shape index (κ3) is 2.88. The van der Waals surface area contributed by atoms with Gasteiger partial charge >= 0.3 is 0 Å². The molecule has 3 heterocycles. The van der Waals surface area contributed by atoms with Gasteiger partial charge in [-0.3, -0.25) is 0 Å². The number of aromatic nitrogens is 4. The first-order valence-corrected chi connectivity index (χ1v) is 8.92. The van der Waals surface area contributed by atoms with Gasteiger partial charge < -0.3 is 5.73 Å². The van der Waals surface area contributed by atoms with Crippen LogP contribution in [0.15, 0.2) is 52.7 Å². The molecule has 0 amide bonds. The summed E-state index contributed by atoms with van der Waals surface area (Å²) in [6, 6.07) is 10.3. The second-order valence-corrected chi connectivity index (χ2v) is 7.08. The van der Waals surface area contributed by atoms with Crippen LogP contribution in [-0.4, -0.2) is 19.9 Å². The predicted molar refractivity (Wildman–Crippen MR) is 99.8 cm³/mol. The summed E-state index contributed by atoms with van der Waals surface area (Å²) in [4.78, 5) is 17.4. The molecule has 1 aromatic carbocycles. The first kappa shape index (κ1) is 15.2. The largest absolute Gasteiger partial charge is 0.383 e. The summed E-state index contributed by atoms with van der Waals surface area (Å²) in [6.07, 6.45) is 3.95. The molecule has 24 heavy (non-hydrogen) atoms. The summed E-state index contributed by atoms with van der Waals surface area (Å²) >= 11 is 5.03. The maximum absolute atomic E-state index is 6.00. The van der Waals surface area contributed by atoms with E-state index in [9.17, 15) is 0 Å². The lowest BCUT2D eigenvalue weighted by Gasteiger charge is -2.10. The van der Waals surface area contributed by atoms with Crippen molar-refractivity contribution in [2.45, 2.75) is 6.42 Å². The Labute approximate surface area is 150 Å². The third-order valence-corrected chi connectivity index (χ3v) is 4.99. The van der Waals surface area contributed by atoms with Gasteiger partial charge in [0, 0.05) is 16.0 Å². The lowest BCUT2D eigenvalue weighted by molar-refractivity contribution is 1.13. The summed E-state index contributed by atoms with van der Waals surface area (Å²) < 4.78 is 1.06. The quantitative estimate of drug-likeness (QED) is 0.563. The van der Waals surface area contributed by atoms with Crippen molar-refractivity contribution >= 4 is 44.1 Å². The molecular weight excluding hydrogens is 386 g/mol. The van der Waals surface area contributed by atoms with E-state index in [2.05, 4.69) is 43.0 Å². The molecule has 7 heteroatoms. The van der Waals surface area contributed by atoms with Crippen LogP contribution in [0.5, 0.6) is 0 Å². The molecule has 5 nitrogen and oxygen atoms in total. The first-order valence-electron chi connectivity index (χ1n) is 7.25. The van der Waals surface area contributed by atoms with Gasteiger partial charge in [-0.25, -0.2) is 19.9 Å². The monoisotopic (exact) mass is 397 g/mol. The molecule has 0 aliphatic rings. The molecule has 0 aliphatic carbocycles. The molecule has 0 atom stereocenters. The van der Waals surface area contributed by atoms with Crippen LogP contribution >= 0.6 is 27.3 Å². The van der Waals surface area contributed by atoms with Crippen molar-refractivity contribution < 1.29 is 0 Å². The first-order chi connectivity index (χ1) is 11.7. The fourth-order valence-electron chi connectivity index (χ4n) is 2.53. The summed E-state index contributed by atoms with van der Waals surface area (Å²) in [5.74, 6) is 0.440. The van der Waals surface area contributed by atoms with Crippen molar-refractivity contribution in [2.24, 2.45) is 0 Å². The average molecular weight is 398 g/mol. The van der Waals surface area contributed by atoms with Gasteiger partial charge in [0.1, 0.15) is 22.8 Å². The van der Waals surface area contributed by atoms with Crippen LogP contribution in [0.2, 0.25) is 0 Å². The summed E-state index contributed by atoms with van der Waals surface area (Å²) in [6.45, 7) is 0. The van der Waals surface area contributed by atoms with E-state index in [1.165, 1.54) is 11.9 Å². The highest BCUT2D eigenvalue weighted by atomic mass is 79.9. The van der Waals surface area contributed by atoms with Crippen LogP contribution < -0.4 is 5.73 Å². The van der Waals surface area contributed by atoms with Crippen LogP contribution in [0, 0.1) is 0 Å². The number of rotatable bonds is 3. The molecule has 0 fully saturated rings. The van der Waals surface area contributed by atoms with E-state index < -0.39 is 0 Å². The second kappa shape index (κ2) is 6.26. The maximum atomic E-state index is 6.00. The van der Waals surface area contributed by atoms with Crippen molar-refractivity contribution in [3.8, 4) is 10.7 Å². The molecule has 4 aromatic rings. The van der Waals surface area contributed by atoms with Crippen molar-refractivity contribution in [3.63, 3.8) is 0 Å². The van der Waals surface area contributed by atoms with Crippen LogP contribution in [0.25, 0.3) is 21.7 Å². The molecule has 0 unspecified atom stereocenters. The minimum Gasteiger partial charge on any atom is -0.383 e. The van der Waals surface area contributed by atoms with E-state index in [-0.39, 0.29) is 0 Å². The molecule has 2 N–H and O–H groups in total. The van der Waals surface area contributed by atoms with Gasteiger partial charge in [0.05, 0.1) is 5.39 Å². The normalized spacial score (nSPS) is 11.0. The molecule has 0 saturated heterocycles. The Kier molecular flexibility index (Phi) is 3.95. The van der Waals surface area contributed by atoms with Gasteiger partial charge in [0.25, 0.3) is 0 Å². The smallest absolute Gasteiger partial charge is 0.165 e. The SMILES string of the molecule is Nc1ncnc2nc(-c3nccs3)c(Cc3ccc(Br)cc3)cc12. The number of hydrogen-bond donors (Lipinski definition) is 1. The molecule has 4 rings (SSSR count). The maximum Gasteiger partial charge on any atom is 0.165 e. The zero-order valence-electron chi connectivity index (χ0n) is 12.5. The standard InChI is InChI=1S/C17H12BrN5S/c18-12-3-1-10(2-4-12)7-11-8-13-15(19)21-9-22-16(13)23-14(11)17-20-5-6-24-17/h1-6,8-9H,7H2,(H2,19,21,22,23). The van der Waals surface area contributed by atoms with Crippen molar-refractivity contribution in [3.05, 3.63) is 63.8 Å². The minimum atomic E-state index is 0.440. The number of fused-ring (bicyclic) bond motifs is 1. The number of nitrogens with zero attached hydrogens (tertiary/aromatic N) is 4. The Morgan fingerprint density at radius 2 is 1.92 bits per heavy atom. The summed E-state index contributed by atoms with van der Waals surface area (Å²) in [5, 5.41) is 3.59. The number of pyridine rings is 1. The number of nitrogens with two attached hydrogens (primary N) is 1. The molecule has 0 aliphatic heterocycles. The zero-order chi connectivity index (χ0) is 16.5. The van der Waals surface area contributed by atoms with Crippen molar-refractivity contribution in [1.82, 2.24) is 19.9 Å². The number of benzene rings is 1. The Bertz CT molecular complexity index is 1000. The average Bonchev–Trinajstić information content (AvgIpc) is 3.11. The fraction of sp³-hybridized carbons (Fsp3) is 0.0588. The fourth-order valence-corrected chi connectivity index (χ4v) is 3.45. The van der Waals surface area contributed by atoms with Gasteiger partial charge in [-0.05, 0) is 35.7 Å². The number of halogens is 1. The van der Waals surface area contributed by atoms with E-state index in [4.69, 9.17) is 10.7 Å². The van der Waals surface area contributed by atoms with Gasteiger partial charge in [-0.1, -0.05) is 28.1 Å². The molecule has 118 valence electrons. The second-order valence-electron chi connectivity index (χ2n) is 5.27. The number of hydrogen-bond acceptors (Lipinski definition) is 6. The predicted octanol–water partition coefficient (Wildman–Crippen LogP) is 4.08. The van der Waals surface area contributed by atoms with Crippen LogP contribution in [0.4, 0.5) is 5.82 Å². The van der Waals surface area contributed by atoms with E-state index in [1.54, 1.807) is 17.5 Å². The van der Waals surface area contributed by atoms with E-state index in [1.807, 2.05) is 23.6 Å². The van der Waals surface area contributed by atoms with Gasteiger partial charge in [0.15, 0.2) is 5.65 Å². The molecule has 3 aromatic heterocycles. The topological polar surface area (TPSA) is 77.6 Å². The molecular formula is C17H12BrN5S.